The van der Waals surface area contributed by atoms with Crippen molar-refractivity contribution in [2.75, 3.05) is 11.5 Å². The third-order valence-electron chi connectivity index (χ3n) is 4.14. The molecule has 0 spiro atoms. The van der Waals surface area contributed by atoms with Gasteiger partial charge in [0, 0.05) is 18.0 Å². The van der Waals surface area contributed by atoms with Crippen LogP contribution in [-0.2, 0) is 16.1 Å². The highest BCUT2D eigenvalue weighted by molar-refractivity contribution is 6.21. The smallest absolute Gasteiger partial charge is 0.292 e. The van der Waals surface area contributed by atoms with Crippen molar-refractivity contribution in [3.8, 4) is 5.75 Å². The number of ether oxygens (including phenoxy) is 1. The van der Waals surface area contributed by atoms with Gasteiger partial charge in [0.25, 0.3) is 5.91 Å². The van der Waals surface area contributed by atoms with Gasteiger partial charge in [-0.1, -0.05) is 6.92 Å². The molecule has 130 valence electrons. The van der Waals surface area contributed by atoms with Crippen LogP contribution in [0.5, 0.6) is 5.75 Å². The minimum absolute atomic E-state index is 0.164. The molecule has 0 aliphatic carbocycles. The van der Waals surface area contributed by atoms with Gasteiger partial charge in [-0.25, -0.2) is 4.90 Å². The standard InChI is InChI=1S/C19H21N3O3/c1-2-11-25-16-5-3-15(4-6-16)22-18(23)12-17(19(22)24)21-13-14-7-9-20-10-8-14/h3-10,17,21H,2,11-13H2,1H3/p+1/t17-/m0/s1. The molecular weight excluding hydrogens is 318 g/mol. The van der Waals surface area contributed by atoms with E-state index in [9.17, 15) is 9.59 Å². The van der Waals surface area contributed by atoms with E-state index in [-0.39, 0.29) is 24.3 Å². The van der Waals surface area contributed by atoms with Gasteiger partial charge in [-0.3, -0.25) is 14.6 Å². The summed E-state index contributed by atoms with van der Waals surface area (Å²) in [6.45, 7) is 3.33. The molecule has 2 heterocycles. The Balaban J connectivity index is 1.64. The number of nitrogens with two attached hydrogens (primary N) is 1. The Labute approximate surface area is 146 Å². The van der Waals surface area contributed by atoms with Gasteiger partial charge in [0.15, 0.2) is 6.04 Å². The Bertz CT molecular complexity index is 731. The van der Waals surface area contributed by atoms with Crippen molar-refractivity contribution in [1.29, 1.82) is 0 Å². The van der Waals surface area contributed by atoms with Crippen molar-refractivity contribution in [2.45, 2.75) is 32.4 Å². The molecule has 0 unspecified atom stereocenters. The number of amides is 2. The van der Waals surface area contributed by atoms with Crippen molar-refractivity contribution >= 4 is 17.5 Å². The van der Waals surface area contributed by atoms with Crippen molar-refractivity contribution in [3.05, 3.63) is 54.4 Å². The molecule has 1 aliphatic heterocycles. The maximum Gasteiger partial charge on any atom is 0.292 e. The zero-order chi connectivity index (χ0) is 17.6. The van der Waals surface area contributed by atoms with E-state index < -0.39 is 0 Å². The van der Waals surface area contributed by atoms with Gasteiger partial charge in [0.05, 0.1) is 18.7 Å². The lowest BCUT2D eigenvalue weighted by Gasteiger charge is -2.15. The molecule has 25 heavy (non-hydrogen) atoms. The van der Waals surface area contributed by atoms with Crippen molar-refractivity contribution in [3.63, 3.8) is 0 Å². The summed E-state index contributed by atoms with van der Waals surface area (Å²) in [5, 5.41) is 1.91. The molecular formula is C19H22N3O3+. The highest BCUT2D eigenvalue weighted by Gasteiger charge is 2.42. The number of nitrogens with zero attached hydrogens (tertiary/aromatic N) is 2. The molecule has 0 radical (unpaired) electrons. The van der Waals surface area contributed by atoms with E-state index in [1.165, 1.54) is 4.90 Å². The number of carbonyl (C=O) groups is 2. The molecule has 1 aliphatic rings. The molecule has 2 N–H and O–H groups in total. The summed E-state index contributed by atoms with van der Waals surface area (Å²) in [6, 6.07) is 10.5. The Hall–Kier alpha value is -2.73. The number of hydrogen-bond donors (Lipinski definition) is 1. The van der Waals surface area contributed by atoms with E-state index in [1.807, 2.05) is 24.4 Å². The fraction of sp³-hybridized carbons (Fsp3) is 0.316. The summed E-state index contributed by atoms with van der Waals surface area (Å²) in [5.41, 5.74) is 1.67. The lowest BCUT2D eigenvalue weighted by atomic mass is 10.2. The molecule has 6 heteroatoms. The van der Waals surface area contributed by atoms with E-state index in [4.69, 9.17) is 4.74 Å². The predicted molar refractivity (Wildman–Crippen MR) is 93.0 cm³/mol. The van der Waals surface area contributed by atoms with Gasteiger partial charge in [-0.2, -0.15) is 0 Å². The molecule has 1 atom stereocenters. The number of quaternary nitrogens is 1. The molecule has 0 saturated carbocycles. The van der Waals surface area contributed by atoms with E-state index in [1.54, 1.807) is 36.7 Å². The molecule has 1 saturated heterocycles. The molecule has 6 nitrogen and oxygen atoms in total. The van der Waals surface area contributed by atoms with Gasteiger partial charge in [0.1, 0.15) is 12.3 Å². The summed E-state index contributed by atoms with van der Waals surface area (Å²) >= 11 is 0. The second-order valence-corrected chi connectivity index (χ2v) is 6.02. The van der Waals surface area contributed by atoms with Crippen LogP contribution in [0.2, 0.25) is 0 Å². The quantitative estimate of drug-likeness (QED) is 0.770. The van der Waals surface area contributed by atoms with Crippen LogP contribution >= 0.6 is 0 Å². The highest BCUT2D eigenvalue weighted by atomic mass is 16.5. The summed E-state index contributed by atoms with van der Waals surface area (Å²) in [5.74, 6) is 0.412. The van der Waals surface area contributed by atoms with Gasteiger partial charge in [-0.05, 0) is 42.8 Å². The van der Waals surface area contributed by atoms with Gasteiger partial charge in [0.2, 0.25) is 5.91 Å². The first-order valence-corrected chi connectivity index (χ1v) is 8.51. The first-order chi connectivity index (χ1) is 12.2. The second kappa shape index (κ2) is 7.90. The Morgan fingerprint density at radius 1 is 1.16 bits per heavy atom. The summed E-state index contributed by atoms with van der Waals surface area (Å²) < 4.78 is 5.54. The lowest BCUT2D eigenvalue weighted by molar-refractivity contribution is -0.690. The van der Waals surface area contributed by atoms with Gasteiger partial charge >= 0.3 is 0 Å². The SMILES string of the molecule is CCCOc1ccc(N2C(=O)C[C@H]([NH2+]Cc3ccncc3)C2=O)cc1. The summed E-state index contributed by atoms with van der Waals surface area (Å²) in [7, 11) is 0. The molecule has 1 aromatic heterocycles. The Morgan fingerprint density at radius 2 is 1.88 bits per heavy atom. The van der Waals surface area contributed by atoms with E-state index in [0.29, 0.717) is 18.8 Å². The second-order valence-electron chi connectivity index (χ2n) is 6.02. The van der Waals surface area contributed by atoms with Crippen LogP contribution in [0.1, 0.15) is 25.3 Å². The minimum atomic E-state index is -0.378. The fourth-order valence-corrected chi connectivity index (χ4v) is 2.82. The van der Waals surface area contributed by atoms with Crippen LogP contribution in [0.3, 0.4) is 0 Å². The Kier molecular flexibility index (Phi) is 5.40. The summed E-state index contributed by atoms with van der Waals surface area (Å²) in [4.78, 5) is 30.2. The average molecular weight is 340 g/mol. The van der Waals surface area contributed by atoms with E-state index in [2.05, 4.69) is 4.98 Å². The zero-order valence-corrected chi connectivity index (χ0v) is 14.2. The number of carbonyl (C=O) groups excluding carboxylic acids is 2. The van der Waals surface area contributed by atoms with Crippen LogP contribution < -0.4 is 15.0 Å². The monoisotopic (exact) mass is 340 g/mol. The first kappa shape index (κ1) is 17.1. The average Bonchev–Trinajstić information content (AvgIpc) is 2.93. The zero-order valence-electron chi connectivity index (χ0n) is 14.2. The third-order valence-corrected chi connectivity index (χ3v) is 4.14. The third kappa shape index (κ3) is 4.03. The van der Waals surface area contributed by atoms with Crippen LogP contribution in [0.4, 0.5) is 5.69 Å². The van der Waals surface area contributed by atoms with Crippen molar-refractivity contribution in [2.24, 2.45) is 0 Å². The lowest BCUT2D eigenvalue weighted by Crippen LogP contribution is -2.90. The number of rotatable bonds is 7. The van der Waals surface area contributed by atoms with Crippen molar-refractivity contribution in [1.82, 2.24) is 4.98 Å². The predicted octanol–water partition coefficient (Wildman–Crippen LogP) is 1.27. The number of anilines is 1. The molecule has 3 rings (SSSR count). The van der Waals surface area contributed by atoms with Crippen LogP contribution in [0.15, 0.2) is 48.8 Å². The van der Waals surface area contributed by atoms with Crippen LogP contribution in [-0.4, -0.2) is 29.4 Å². The normalized spacial score (nSPS) is 17.2. The number of aromatic nitrogens is 1. The molecule has 1 fully saturated rings. The highest BCUT2D eigenvalue weighted by Crippen LogP contribution is 2.24. The largest absolute Gasteiger partial charge is 0.494 e. The van der Waals surface area contributed by atoms with Gasteiger partial charge < -0.3 is 10.1 Å². The Morgan fingerprint density at radius 3 is 2.56 bits per heavy atom. The van der Waals surface area contributed by atoms with Crippen LogP contribution in [0, 0.1) is 0 Å². The number of hydrogen-bond acceptors (Lipinski definition) is 4. The molecule has 0 bridgehead atoms. The fourth-order valence-electron chi connectivity index (χ4n) is 2.82. The summed E-state index contributed by atoms with van der Waals surface area (Å²) in [6.07, 6.45) is 4.59. The maximum absolute atomic E-state index is 12.6. The minimum Gasteiger partial charge on any atom is -0.494 e. The molecule has 1 aromatic carbocycles. The molecule has 2 aromatic rings. The topological polar surface area (TPSA) is 76.1 Å². The van der Waals surface area contributed by atoms with Crippen molar-refractivity contribution < 1.29 is 19.6 Å². The van der Waals surface area contributed by atoms with Crippen LogP contribution in [0.25, 0.3) is 0 Å². The number of imide groups is 1. The molecule has 2 amide bonds. The maximum atomic E-state index is 12.6. The van der Waals surface area contributed by atoms with E-state index in [0.717, 1.165) is 17.7 Å². The number of pyridine rings is 1. The first-order valence-electron chi connectivity index (χ1n) is 8.51. The number of benzene rings is 1. The van der Waals surface area contributed by atoms with E-state index >= 15 is 0 Å². The van der Waals surface area contributed by atoms with Gasteiger partial charge in [-0.15, -0.1) is 0 Å².